The number of carbonyl (C=O) groups is 1. The van der Waals surface area contributed by atoms with Crippen LogP contribution >= 0.6 is 0 Å². The summed E-state index contributed by atoms with van der Waals surface area (Å²) in [6.07, 6.45) is 0. The molecule has 2 aromatic carbocycles. The lowest BCUT2D eigenvalue weighted by Gasteiger charge is -2.12. The van der Waals surface area contributed by atoms with Gasteiger partial charge in [0.2, 0.25) is 15.9 Å². The fraction of sp³-hybridized carbons (Fsp3) is 0.278. The molecular weight excluding hydrogens is 372 g/mol. The third-order valence-corrected chi connectivity index (χ3v) is 5.17. The van der Waals surface area contributed by atoms with Crippen molar-refractivity contribution in [2.75, 3.05) is 33.2 Å². The molecule has 2 aromatic rings. The van der Waals surface area contributed by atoms with Crippen LogP contribution in [0.5, 0.6) is 17.2 Å². The van der Waals surface area contributed by atoms with Gasteiger partial charge in [-0.3, -0.25) is 4.79 Å². The first-order chi connectivity index (χ1) is 12.8. The Labute approximate surface area is 158 Å². The SMILES string of the molecule is COc1ccc(S(=O)(=O)NCC(=O)Nc2ccc(OC)c(OC)c2)cc1C. The van der Waals surface area contributed by atoms with Gasteiger partial charge in [0.15, 0.2) is 11.5 Å². The lowest BCUT2D eigenvalue weighted by molar-refractivity contribution is -0.115. The molecule has 0 atom stereocenters. The number of nitrogens with one attached hydrogen (secondary N) is 2. The highest BCUT2D eigenvalue weighted by atomic mass is 32.2. The van der Waals surface area contributed by atoms with Crippen LogP contribution in [0.4, 0.5) is 5.69 Å². The van der Waals surface area contributed by atoms with Crippen molar-refractivity contribution in [2.24, 2.45) is 0 Å². The quantitative estimate of drug-likeness (QED) is 0.709. The van der Waals surface area contributed by atoms with E-state index in [1.165, 1.54) is 33.5 Å². The maximum absolute atomic E-state index is 12.4. The van der Waals surface area contributed by atoms with Gasteiger partial charge in [-0.05, 0) is 42.8 Å². The van der Waals surface area contributed by atoms with E-state index in [4.69, 9.17) is 14.2 Å². The summed E-state index contributed by atoms with van der Waals surface area (Å²) >= 11 is 0. The summed E-state index contributed by atoms with van der Waals surface area (Å²) in [6.45, 7) is 1.32. The average Bonchev–Trinajstić information content (AvgIpc) is 2.66. The van der Waals surface area contributed by atoms with E-state index < -0.39 is 22.5 Å². The Kier molecular flexibility index (Phi) is 6.65. The van der Waals surface area contributed by atoms with Crippen molar-refractivity contribution in [1.29, 1.82) is 0 Å². The number of anilines is 1. The number of rotatable bonds is 8. The Balaban J connectivity index is 2.03. The molecule has 0 fully saturated rings. The average molecular weight is 394 g/mol. The van der Waals surface area contributed by atoms with Crippen LogP contribution in [-0.2, 0) is 14.8 Å². The molecule has 0 heterocycles. The monoisotopic (exact) mass is 394 g/mol. The lowest BCUT2D eigenvalue weighted by Crippen LogP contribution is -2.32. The normalized spacial score (nSPS) is 11.0. The van der Waals surface area contributed by atoms with Gasteiger partial charge in [-0.15, -0.1) is 0 Å². The lowest BCUT2D eigenvalue weighted by atomic mass is 10.2. The zero-order valence-corrected chi connectivity index (χ0v) is 16.3. The summed E-state index contributed by atoms with van der Waals surface area (Å²) in [4.78, 5) is 12.1. The van der Waals surface area contributed by atoms with Gasteiger partial charge in [0.1, 0.15) is 5.75 Å². The van der Waals surface area contributed by atoms with Crippen molar-refractivity contribution in [3.63, 3.8) is 0 Å². The van der Waals surface area contributed by atoms with E-state index in [-0.39, 0.29) is 4.90 Å². The molecular formula is C18H22N2O6S. The number of ether oxygens (including phenoxy) is 3. The number of hydrogen-bond acceptors (Lipinski definition) is 6. The Morgan fingerprint density at radius 1 is 0.926 bits per heavy atom. The Morgan fingerprint density at radius 2 is 1.56 bits per heavy atom. The highest BCUT2D eigenvalue weighted by molar-refractivity contribution is 7.89. The largest absolute Gasteiger partial charge is 0.496 e. The third-order valence-electron chi connectivity index (χ3n) is 3.77. The van der Waals surface area contributed by atoms with Crippen LogP contribution in [0.2, 0.25) is 0 Å². The van der Waals surface area contributed by atoms with E-state index in [9.17, 15) is 13.2 Å². The van der Waals surface area contributed by atoms with Crippen LogP contribution in [0, 0.1) is 6.92 Å². The number of amides is 1. The molecule has 0 aliphatic rings. The standard InChI is InChI=1S/C18H22N2O6S/c1-12-9-14(6-8-15(12)24-2)27(22,23)19-11-18(21)20-13-5-7-16(25-3)17(10-13)26-4/h5-10,19H,11H2,1-4H3,(H,20,21). The van der Waals surface area contributed by atoms with Crippen LogP contribution in [0.1, 0.15) is 5.56 Å². The third kappa shape index (κ3) is 5.11. The molecule has 2 N–H and O–H groups in total. The number of sulfonamides is 1. The van der Waals surface area contributed by atoms with Crippen LogP contribution < -0.4 is 24.2 Å². The highest BCUT2D eigenvalue weighted by Gasteiger charge is 2.17. The second kappa shape index (κ2) is 8.74. The molecule has 2 rings (SSSR count). The smallest absolute Gasteiger partial charge is 0.241 e. The van der Waals surface area contributed by atoms with E-state index in [0.717, 1.165) is 0 Å². The summed E-state index contributed by atoms with van der Waals surface area (Å²) in [7, 11) is 0.664. The zero-order chi connectivity index (χ0) is 20.0. The Bertz CT molecular complexity index is 927. The number of hydrogen-bond donors (Lipinski definition) is 2. The molecule has 27 heavy (non-hydrogen) atoms. The minimum atomic E-state index is -3.83. The molecule has 0 saturated heterocycles. The van der Waals surface area contributed by atoms with Crippen molar-refractivity contribution < 1.29 is 27.4 Å². The first-order valence-corrected chi connectivity index (χ1v) is 9.45. The van der Waals surface area contributed by atoms with E-state index >= 15 is 0 Å². The summed E-state index contributed by atoms with van der Waals surface area (Å²) in [5, 5.41) is 2.60. The van der Waals surface area contributed by atoms with Crippen molar-refractivity contribution >= 4 is 21.6 Å². The maximum Gasteiger partial charge on any atom is 0.241 e. The Morgan fingerprint density at radius 3 is 2.15 bits per heavy atom. The molecule has 0 saturated carbocycles. The summed E-state index contributed by atoms with van der Waals surface area (Å²) < 4.78 is 42.4. The first-order valence-electron chi connectivity index (χ1n) is 7.97. The minimum Gasteiger partial charge on any atom is -0.496 e. The van der Waals surface area contributed by atoms with Crippen molar-refractivity contribution in [2.45, 2.75) is 11.8 Å². The Hall–Kier alpha value is -2.78. The van der Waals surface area contributed by atoms with Gasteiger partial charge in [-0.25, -0.2) is 13.1 Å². The van der Waals surface area contributed by atoms with Gasteiger partial charge in [0.05, 0.1) is 32.8 Å². The van der Waals surface area contributed by atoms with Gasteiger partial charge in [0, 0.05) is 11.8 Å². The van der Waals surface area contributed by atoms with Crippen molar-refractivity contribution in [1.82, 2.24) is 4.72 Å². The predicted molar refractivity (Wildman–Crippen MR) is 101 cm³/mol. The molecule has 0 bridgehead atoms. The topological polar surface area (TPSA) is 103 Å². The van der Waals surface area contributed by atoms with Gasteiger partial charge in [-0.1, -0.05) is 0 Å². The molecule has 0 aliphatic heterocycles. The van der Waals surface area contributed by atoms with Crippen LogP contribution in [0.15, 0.2) is 41.3 Å². The summed E-state index contributed by atoms with van der Waals surface area (Å²) in [6, 6.07) is 9.30. The second-order valence-electron chi connectivity index (χ2n) is 5.57. The van der Waals surface area contributed by atoms with Crippen LogP contribution in [-0.4, -0.2) is 42.2 Å². The van der Waals surface area contributed by atoms with Gasteiger partial charge in [-0.2, -0.15) is 0 Å². The number of methoxy groups -OCH3 is 3. The molecule has 0 aromatic heterocycles. The van der Waals surface area contributed by atoms with Gasteiger partial charge < -0.3 is 19.5 Å². The van der Waals surface area contributed by atoms with Crippen molar-refractivity contribution in [3.8, 4) is 17.2 Å². The molecule has 0 unspecified atom stereocenters. The van der Waals surface area contributed by atoms with E-state index in [1.54, 1.807) is 31.2 Å². The number of benzene rings is 2. The van der Waals surface area contributed by atoms with E-state index in [2.05, 4.69) is 10.0 Å². The first kappa shape index (κ1) is 20.5. The zero-order valence-electron chi connectivity index (χ0n) is 15.5. The van der Waals surface area contributed by atoms with Crippen LogP contribution in [0.3, 0.4) is 0 Å². The molecule has 0 aliphatic carbocycles. The molecule has 9 heteroatoms. The van der Waals surface area contributed by atoms with E-state index in [0.29, 0.717) is 28.5 Å². The minimum absolute atomic E-state index is 0.0553. The molecule has 1 amide bonds. The van der Waals surface area contributed by atoms with Crippen molar-refractivity contribution in [3.05, 3.63) is 42.0 Å². The predicted octanol–water partition coefficient (Wildman–Crippen LogP) is 1.94. The maximum atomic E-state index is 12.4. The fourth-order valence-corrected chi connectivity index (χ4v) is 3.45. The molecule has 8 nitrogen and oxygen atoms in total. The second-order valence-corrected chi connectivity index (χ2v) is 7.34. The van der Waals surface area contributed by atoms with Gasteiger partial charge in [0.25, 0.3) is 0 Å². The molecule has 0 radical (unpaired) electrons. The van der Waals surface area contributed by atoms with Crippen LogP contribution in [0.25, 0.3) is 0 Å². The summed E-state index contributed by atoms with van der Waals surface area (Å²) in [5.41, 5.74) is 1.13. The number of carbonyl (C=O) groups excluding carboxylic acids is 1. The fourth-order valence-electron chi connectivity index (χ4n) is 2.38. The van der Waals surface area contributed by atoms with E-state index in [1.807, 2.05) is 0 Å². The molecule has 146 valence electrons. The highest BCUT2D eigenvalue weighted by Crippen LogP contribution is 2.29. The molecule has 0 spiro atoms. The number of aryl methyl sites for hydroxylation is 1. The van der Waals surface area contributed by atoms with Gasteiger partial charge >= 0.3 is 0 Å². The summed E-state index contributed by atoms with van der Waals surface area (Å²) in [5.74, 6) is 1.03.